The fourth-order valence-corrected chi connectivity index (χ4v) is 1.14. The van der Waals surface area contributed by atoms with E-state index in [1.807, 2.05) is 13.8 Å². The monoisotopic (exact) mass is 231 g/mol. The largest absolute Gasteiger partial charge is 0.389 e. The molecule has 0 saturated heterocycles. The van der Waals surface area contributed by atoms with Crippen LogP contribution in [0.25, 0.3) is 0 Å². The number of aliphatic hydroxyl groups is 1. The third-order valence-electron chi connectivity index (χ3n) is 2.93. The van der Waals surface area contributed by atoms with Crippen molar-refractivity contribution in [3.63, 3.8) is 0 Å². The predicted octanol–water partition coefficient (Wildman–Crippen LogP) is 2.04. The Balaban J connectivity index is 3.58. The summed E-state index contributed by atoms with van der Waals surface area (Å²) in [6.45, 7) is 14.8. The molecule has 0 saturated carbocycles. The minimum atomic E-state index is -0.408. The summed E-state index contributed by atoms with van der Waals surface area (Å²) in [6, 6.07) is 0. The topological polar surface area (TPSA) is 41.5 Å². The van der Waals surface area contributed by atoms with Crippen LogP contribution in [0.3, 0.4) is 0 Å². The van der Waals surface area contributed by atoms with E-state index in [0.29, 0.717) is 24.5 Å². The van der Waals surface area contributed by atoms with Gasteiger partial charge >= 0.3 is 0 Å². The number of rotatable bonds is 7. The molecule has 0 fully saturated rings. The van der Waals surface area contributed by atoms with Gasteiger partial charge in [-0.1, -0.05) is 27.7 Å². The van der Waals surface area contributed by atoms with Crippen LogP contribution in [-0.2, 0) is 4.74 Å². The molecule has 0 bridgehead atoms. The van der Waals surface area contributed by atoms with Crippen molar-refractivity contribution < 1.29 is 9.84 Å². The number of hydrogen-bond acceptors (Lipinski definition) is 3. The molecular weight excluding hydrogens is 202 g/mol. The number of nitrogens with one attached hydrogen (secondary N) is 1. The van der Waals surface area contributed by atoms with Crippen LogP contribution in [0.5, 0.6) is 0 Å². The Bertz CT molecular complexity index is 175. The first-order valence-electron chi connectivity index (χ1n) is 6.24. The highest BCUT2D eigenvalue weighted by atomic mass is 16.5. The molecule has 2 unspecified atom stereocenters. The van der Waals surface area contributed by atoms with Crippen molar-refractivity contribution >= 4 is 0 Å². The van der Waals surface area contributed by atoms with Gasteiger partial charge in [-0.3, -0.25) is 0 Å². The second-order valence-electron chi connectivity index (χ2n) is 5.96. The maximum absolute atomic E-state index is 9.63. The van der Waals surface area contributed by atoms with Crippen molar-refractivity contribution in [1.82, 2.24) is 5.32 Å². The Morgan fingerprint density at radius 1 is 1.12 bits per heavy atom. The third kappa shape index (κ3) is 8.08. The highest BCUT2D eigenvalue weighted by Crippen LogP contribution is 2.24. The van der Waals surface area contributed by atoms with Gasteiger partial charge in [0.25, 0.3) is 0 Å². The maximum atomic E-state index is 9.63. The third-order valence-corrected chi connectivity index (χ3v) is 2.93. The van der Waals surface area contributed by atoms with E-state index < -0.39 is 6.10 Å². The Morgan fingerprint density at radius 3 is 2.12 bits per heavy atom. The van der Waals surface area contributed by atoms with Crippen LogP contribution in [0.2, 0.25) is 0 Å². The first kappa shape index (κ1) is 15.9. The minimum absolute atomic E-state index is 0.183. The molecule has 3 heteroatoms. The van der Waals surface area contributed by atoms with Gasteiger partial charge in [-0.15, -0.1) is 0 Å². The van der Waals surface area contributed by atoms with E-state index in [9.17, 15) is 5.11 Å². The smallest absolute Gasteiger partial charge is 0.0897 e. The lowest BCUT2D eigenvalue weighted by molar-refractivity contribution is 0.00580. The summed E-state index contributed by atoms with van der Waals surface area (Å²) in [7, 11) is 0. The van der Waals surface area contributed by atoms with Gasteiger partial charge in [-0.05, 0) is 31.7 Å². The molecule has 0 aliphatic rings. The molecule has 0 aromatic heterocycles. The zero-order chi connectivity index (χ0) is 12.8. The van der Waals surface area contributed by atoms with Gasteiger partial charge in [0, 0.05) is 6.54 Å². The van der Waals surface area contributed by atoms with Crippen LogP contribution < -0.4 is 5.32 Å². The van der Waals surface area contributed by atoms with Gasteiger partial charge in [0.2, 0.25) is 0 Å². The lowest BCUT2D eigenvalue weighted by atomic mass is 9.82. The van der Waals surface area contributed by atoms with Crippen LogP contribution in [0.15, 0.2) is 0 Å². The van der Waals surface area contributed by atoms with Crippen molar-refractivity contribution in [3.05, 3.63) is 0 Å². The summed E-state index contributed by atoms with van der Waals surface area (Å²) in [6.07, 6.45) is -0.224. The molecule has 0 aliphatic carbocycles. The van der Waals surface area contributed by atoms with Crippen molar-refractivity contribution in [3.8, 4) is 0 Å². The van der Waals surface area contributed by atoms with Crippen molar-refractivity contribution in [1.29, 1.82) is 0 Å². The Kier molecular flexibility index (Phi) is 7.20. The van der Waals surface area contributed by atoms with Gasteiger partial charge in [-0.2, -0.15) is 0 Å². The Hall–Kier alpha value is -0.120. The predicted molar refractivity (Wildman–Crippen MR) is 68.6 cm³/mol. The first-order valence-corrected chi connectivity index (χ1v) is 6.24. The molecule has 16 heavy (non-hydrogen) atoms. The summed E-state index contributed by atoms with van der Waals surface area (Å²) in [5.41, 5.74) is 0.312. The molecule has 98 valence electrons. The molecule has 2 atom stereocenters. The molecule has 0 aromatic rings. The normalized spacial score (nSPS) is 16.5. The Morgan fingerprint density at radius 2 is 1.69 bits per heavy atom. The van der Waals surface area contributed by atoms with Crippen LogP contribution in [0.1, 0.15) is 41.5 Å². The zero-order valence-electron chi connectivity index (χ0n) is 11.7. The van der Waals surface area contributed by atoms with E-state index in [1.54, 1.807) is 0 Å². The first-order chi connectivity index (χ1) is 7.23. The van der Waals surface area contributed by atoms with Crippen molar-refractivity contribution in [2.24, 2.45) is 11.3 Å². The van der Waals surface area contributed by atoms with Gasteiger partial charge in [0.05, 0.1) is 18.8 Å². The number of ether oxygens (including phenoxy) is 1. The van der Waals surface area contributed by atoms with Crippen molar-refractivity contribution in [2.75, 3.05) is 19.7 Å². The lowest BCUT2D eigenvalue weighted by Gasteiger charge is -2.27. The standard InChI is InChI=1S/C13H29NO2/c1-10(2)16-9-12(15)8-14-7-11(3)13(4,5)6/h10-12,14-15H,7-9H2,1-6H3. The van der Waals surface area contributed by atoms with E-state index in [4.69, 9.17) is 4.74 Å². The average Bonchev–Trinajstić information content (AvgIpc) is 2.13. The van der Waals surface area contributed by atoms with E-state index >= 15 is 0 Å². The molecule has 0 aliphatic heterocycles. The second kappa shape index (κ2) is 7.25. The lowest BCUT2D eigenvalue weighted by Crippen LogP contribution is -2.36. The highest BCUT2D eigenvalue weighted by molar-refractivity contribution is 4.72. The van der Waals surface area contributed by atoms with Gasteiger partial charge < -0.3 is 15.2 Å². The fourth-order valence-electron chi connectivity index (χ4n) is 1.14. The SMILES string of the molecule is CC(C)OCC(O)CNCC(C)C(C)(C)C. The zero-order valence-corrected chi connectivity index (χ0v) is 11.7. The van der Waals surface area contributed by atoms with Crippen molar-refractivity contribution in [2.45, 2.75) is 53.8 Å². The maximum Gasteiger partial charge on any atom is 0.0897 e. The molecule has 0 radical (unpaired) electrons. The number of hydrogen-bond donors (Lipinski definition) is 2. The molecule has 0 spiro atoms. The summed E-state index contributed by atoms with van der Waals surface area (Å²) in [5.74, 6) is 0.589. The second-order valence-corrected chi connectivity index (χ2v) is 5.96. The molecule has 0 aromatic carbocycles. The molecule has 0 rings (SSSR count). The quantitative estimate of drug-likeness (QED) is 0.704. The average molecular weight is 231 g/mol. The van der Waals surface area contributed by atoms with E-state index in [-0.39, 0.29) is 6.10 Å². The number of aliphatic hydroxyl groups excluding tert-OH is 1. The molecule has 0 amide bonds. The summed E-state index contributed by atoms with van der Waals surface area (Å²) < 4.78 is 5.34. The minimum Gasteiger partial charge on any atom is -0.389 e. The molecular formula is C13H29NO2. The molecule has 3 nitrogen and oxygen atoms in total. The van der Waals surface area contributed by atoms with Crippen LogP contribution in [0.4, 0.5) is 0 Å². The van der Waals surface area contributed by atoms with E-state index in [1.165, 1.54) is 0 Å². The van der Waals surface area contributed by atoms with Gasteiger partial charge in [0.1, 0.15) is 0 Å². The molecule has 2 N–H and O–H groups in total. The van der Waals surface area contributed by atoms with E-state index in [2.05, 4.69) is 33.0 Å². The van der Waals surface area contributed by atoms with Crippen LogP contribution in [-0.4, -0.2) is 37.0 Å². The van der Waals surface area contributed by atoms with Gasteiger partial charge in [-0.25, -0.2) is 0 Å². The van der Waals surface area contributed by atoms with E-state index in [0.717, 1.165) is 6.54 Å². The highest BCUT2D eigenvalue weighted by Gasteiger charge is 2.19. The Labute approximate surface area is 101 Å². The summed E-state index contributed by atoms with van der Waals surface area (Å²) in [5, 5.41) is 12.9. The summed E-state index contributed by atoms with van der Waals surface area (Å²) in [4.78, 5) is 0. The van der Waals surface area contributed by atoms with Crippen LogP contribution >= 0.6 is 0 Å². The molecule has 0 heterocycles. The fraction of sp³-hybridized carbons (Fsp3) is 1.00. The van der Waals surface area contributed by atoms with Crippen LogP contribution in [0, 0.1) is 11.3 Å². The van der Waals surface area contributed by atoms with Gasteiger partial charge in [0.15, 0.2) is 0 Å². The summed E-state index contributed by atoms with van der Waals surface area (Å²) >= 11 is 0.